The molecule has 1 N–H and O–H groups in total. The molecule has 0 radical (unpaired) electrons. The van der Waals surface area contributed by atoms with Crippen molar-refractivity contribution in [3.8, 4) is 6.07 Å². The number of benzene rings is 2. The van der Waals surface area contributed by atoms with Crippen LogP contribution in [0.5, 0.6) is 0 Å². The number of aryl methyl sites for hydroxylation is 1. The molecule has 0 fully saturated rings. The van der Waals surface area contributed by atoms with Gasteiger partial charge < -0.3 is 4.57 Å². The molecule has 0 bridgehead atoms. The molecule has 1 heterocycles. The molecule has 132 valence electrons. The van der Waals surface area contributed by atoms with Crippen molar-refractivity contribution in [2.75, 3.05) is 0 Å². The van der Waals surface area contributed by atoms with Crippen LogP contribution >= 0.6 is 0 Å². The van der Waals surface area contributed by atoms with Crippen molar-refractivity contribution in [2.45, 2.75) is 19.2 Å². The molecule has 0 saturated heterocycles. The fourth-order valence-corrected chi connectivity index (χ4v) is 3.95. The van der Waals surface area contributed by atoms with Crippen LogP contribution in [0.3, 0.4) is 0 Å². The van der Waals surface area contributed by atoms with Gasteiger partial charge in [-0.05, 0) is 42.1 Å². The molecule has 0 spiro atoms. The molecule has 1 amide bonds. The lowest BCUT2D eigenvalue weighted by Crippen LogP contribution is -2.34. The van der Waals surface area contributed by atoms with Crippen molar-refractivity contribution in [3.63, 3.8) is 0 Å². The quantitative estimate of drug-likeness (QED) is 0.750. The topological polar surface area (TPSA) is 92.0 Å². The van der Waals surface area contributed by atoms with Crippen LogP contribution in [-0.2, 0) is 27.1 Å². The number of carbonyl (C=O) groups excluding carboxylic acids is 1. The van der Waals surface area contributed by atoms with Gasteiger partial charge in [-0.3, -0.25) is 9.52 Å². The Morgan fingerprint density at radius 3 is 2.54 bits per heavy atom. The number of nitrogens with one attached hydrogen (secondary N) is 1. The van der Waals surface area contributed by atoms with Gasteiger partial charge in [-0.1, -0.05) is 30.3 Å². The first-order valence-corrected chi connectivity index (χ1v) is 9.60. The van der Waals surface area contributed by atoms with Crippen molar-refractivity contribution in [2.24, 2.45) is 0 Å². The summed E-state index contributed by atoms with van der Waals surface area (Å²) in [5.74, 6) is -0.918. The number of hydrogen-bond acceptors (Lipinski definition) is 4. The first kappa shape index (κ1) is 17.7. The van der Waals surface area contributed by atoms with Crippen LogP contribution in [0.15, 0.2) is 54.6 Å². The second-order valence-corrected chi connectivity index (χ2v) is 7.75. The molecule has 1 aromatic heterocycles. The van der Waals surface area contributed by atoms with E-state index in [1.54, 1.807) is 28.8 Å². The maximum Gasteiger partial charge on any atom is 0.253 e. The number of nitrogens with zero attached hydrogens (tertiary/aromatic N) is 2. The lowest BCUT2D eigenvalue weighted by Gasteiger charge is -2.10. The van der Waals surface area contributed by atoms with E-state index in [1.807, 2.05) is 43.3 Å². The highest BCUT2D eigenvalue weighted by Crippen LogP contribution is 2.19. The van der Waals surface area contributed by atoms with Gasteiger partial charge in [-0.25, -0.2) is 8.42 Å². The fourth-order valence-electron chi connectivity index (χ4n) is 2.84. The van der Waals surface area contributed by atoms with Crippen LogP contribution in [0, 0.1) is 18.3 Å². The number of nitriles is 1. The molecule has 3 aromatic rings. The molecule has 0 aliphatic carbocycles. The molecule has 7 heteroatoms. The molecule has 0 saturated carbocycles. The van der Waals surface area contributed by atoms with Crippen molar-refractivity contribution in [1.82, 2.24) is 9.29 Å². The van der Waals surface area contributed by atoms with Crippen molar-refractivity contribution in [1.29, 1.82) is 5.26 Å². The average molecular weight is 367 g/mol. The van der Waals surface area contributed by atoms with Gasteiger partial charge in [0.1, 0.15) is 6.54 Å². The highest BCUT2D eigenvalue weighted by Gasteiger charge is 2.17. The van der Waals surface area contributed by atoms with E-state index in [1.165, 1.54) is 0 Å². The van der Waals surface area contributed by atoms with E-state index in [0.29, 0.717) is 11.1 Å². The molecule has 3 rings (SSSR count). The summed E-state index contributed by atoms with van der Waals surface area (Å²) in [6, 6.07) is 17.8. The van der Waals surface area contributed by atoms with Crippen LogP contribution in [0.4, 0.5) is 0 Å². The molecule has 0 atom stereocenters. The summed E-state index contributed by atoms with van der Waals surface area (Å²) in [5, 5.41) is 9.77. The number of carbonyl (C=O) groups is 1. The van der Waals surface area contributed by atoms with Gasteiger partial charge >= 0.3 is 0 Å². The maximum atomic E-state index is 12.3. The molecule has 26 heavy (non-hydrogen) atoms. The molecule has 0 unspecified atom stereocenters. The summed E-state index contributed by atoms with van der Waals surface area (Å²) < 4.78 is 28.4. The third kappa shape index (κ3) is 3.92. The van der Waals surface area contributed by atoms with Crippen molar-refractivity contribution < 1.29 is 13.2 Å². The summed E-state index contributed by atoms with van der Waals surface area (Å²) >= 11 is 0. The Kier molecular flexibility index (Phi) is 4.78. The average Bonchev–Trinajstić information content (AvgIpc) is 2.90. The highest BCUT2D eigenvalue weighted by atomic mass is 32.2. The molecular formula is C19H17N3O3S. The Hall–Kier alpha value is -3.11. The summed E-state index contributed by atoms with van der Waals surface area (Å²) in [6.07, 6.45) is 0. The van der Waals surface area contributed by atoms with Crippen LogP contribution in [0.25, 0.3) is 10.9 Å². The molecular weight excluding hydrogens is 350 g/mol. The third-order valence-electron chi connectivity index (χ3n) is 4.03. The number of rotatable bonds is 5. The monoisotopic (exact) mass is 367 g/mol. The molecule has 0 aliphatic heterocycles. The van der Waals surface area contributed by atoms with Gasteiger partial charge in [-0.15, -0.1) is 0 Å². The Labute approximate surface area is 151 Å². The molecule has 0 aliphatic rings. The predicted molar refractivity (Wildman–Crippen MR) is 98.6 cm³/mol. The van der Waals surface area contributed by atoms with Gasteiger partial charge in [0, 0.05) is 11.2 Å². The van der Waals surface area contributed by atoms with Gasteiger partial charge in [0.05, 0.1) is 17.4 Å². The number of hydrogen-bond donors (Lipinski definition) is 1. The minimum Gasteiger partial charge on any atom is -0.335 e. The minimum absolute atomic E-state index is 0.0774. The second kappa shape index (κ2) is 7.02. The number of para-hydroxylation sites is 1. The van der Waals surface area contributed by atoms with Crippen molar-refractivity contribution >= 4 is 26.8 Å². The zero-order chi connectivity index (χ0) is 18.7. The predicted octanol–water partition coefficient (Wildman–Crippen LogP) is 2.47. The molecule has 2 aromatic carbocycles. The first-order valence-electron chi connectivity index (χ1n) is 7.95. The minimum atomic E-state index is -3.82. The summed E-state index contributed by atoms with van der Waals surface area (Å²) in [6.45, 7) is 1.80. The van der Waals surface area contributed by atoms with Gasteiger partial charge in [0.2, 0.25) is 10.0 Å². The van der Waals surface area contributed by atoms with Crippen LogP contribution < -0.4 is 4.72 Å². The van der Waals surface area contributed by atoms with E-state index in [9.17, 15) is 13.2 Å². The highest BCUT2D eigenvalue weighted by molar-refractivity contribution is 7.89. The summed E-state index contributed by atoms with van der Waals surface area (Å²) in [7, 11) is -3.82. The zero-order valence-corrected chi connectivity index (χ0v) is 15.0. The molecule has 6 nitrogen and oxygen atoms in total. The van der Waals surface area contributed by atoms with E-state index in [0.717, 1.165) is 16.6 Å². The number of fused-ring (bicyclic) bond motifs is 1. The number of amides is 1. The van der Waals surface area contributed by atoms with E-state index in [2.05, 4.69) is 4.72 Å². The number of aromatic nitrogens is 1. The van der Waals surface area contributed by atoms with Crippen molar-refractivity contribution in [3.05, 3.63) is 71.4 Å². The fraction of sp³-hybridized carbons (Fsp3) is 0.158. The Morgan fingerprint density at radius 1 is 1.15 bits per heavy atom. The summed E-state index contributed by atoms with van der Waals surface area (Å²) in [4.78, 5) is 12.3. The zero-order valence-electron chi connectivity index (χ0n) is 14.1. The standard InChI is InChI=1S/C19H17N3O3S/c1-14-10-17-4-2-3-5-18(17)22(14)12-19(23)21-26(24,25)13-16-8-6-15(11-20)7-9-16/h2-10H,12-13H2,1H3,(H,21,23). The van der Waals surface area contributed by atoms with Crippen LogP contribution in [0.1, 0.15) is 16.8 Å². The van der Waals surface area contributed by atoms with Gasteiger partial charge in [-0.2, -0.15) is 5.26 Å². The normalized spacial score (nSPS) is 11.2. The van der Waals surface area contributed by atoms with Gasteiger partial charge in [0.25, 0.3) is 5.91 Å². The maximum absolute atomic E-state index is 12.3. The van der Waals surface area contributed by atoms with Crippen LogP contribution in [-0.4, -0.2) is 18.9 Å². The van der Waals surface area contributed by atoms with Gasteiger partial charge in [0.15, 0.2) is 0 Å². The third-order valence-corrected chi connectivity index (χ3v) is 5.28. The smallest absolute Gasteiger partial charge is 0.253 e. The Morgan fingerprint density at radius 2 is 1.85 bits per heavy atom. The number of sulfonamides is 1. The summed E-state index contributed by atoms with van der Waals surface area (Å²) in [5.41, 5.74) is 2.72. The lowest BCUT2D eigenvalue weighted by atomic mass is 10.2. The Balaban J connectivity index is 1.72. The van der Waals surface area contributed by atoms with E-state index >= 15 is 0 Å². The Bertz CT molecular complexity index is 1110. The van der Waals surface area contributed by atoms with E-state index in [-0.39, 0.29) is 12.3 Å². The first-order chi connectivity index (χ1) is 12.4. The SMILES string of the molecule is Cc1cc2ccccc2n1CC(=O)NS(=O)(=O)Cc1ccc(C#N)cc1. The van der Waals surface area contributed by atoms with Crippen LogP contribution in [0.2, 0.25) is 0 Å². The second-order valence-electron chi connectivity index (χ2n) is 6.02. The van der Waals surface area contributed by atoms with E-state index in [4.69, 9.17) is 5.26 Å². The largest absolute Gasteiger partial charge is 0.335 e. The lowest BCUT2D eigenvalue weighted by molar-refractivity contribution is -0.119. The van der Waals surface area contributed by atoms with E-state index < -0.39 is 15.9 Å².